The van der Waals surface area contributed by atoms with Crippen molar-refractivity contribution in [1.29, 1.82) is 0 Å². The molecule has 4 nitrogen and oxygen atoms in total. The van der Waals surface area contributed by atoms with Gasteiger partial charge in [-0.05, 0) is 32.2 Å². The van der Waals surface area contributed by atoms with Crippen molar-refractivity contribution in [3.8, 4) is 0 Å². The van der Waals surface area contributed by atoms with E-state index >= 15 is 0 Å². The lowest BCUT2D eigenvalue weighted by Gasteiger charge is -2.22. The molecule has 0 aromatic rings. The van der Waals surface area contributed by atoms with Crippen LogP contribution in [-0.4, -0.2) is 61.0 Å². The van der Waals surface area contributed by atoms with E-state index < -0.39 is 0 Å². The second-order valence-electron chi connectivity index (χ2n) is 5.63. The van der Waals surface area contributed by atoms with Crippen molar-refractivity contribution in [2.45, 2.75) is 57.2 Å². The molecule has 2 N–H and O–H groups in total. The number of fused-ring (bicyclic) bond motifs is 1. The maximum absolute atomic E-state index is 9.85. The van der Waals surface area contributed by atoms with Crippen LogP contribution in [0.15, 0.2) is 0 Å². The van der Waals surface area contributed by atoms with E-state index in [1.165, 1.54) is 32.4 Å². The van der Waals surface area contributed by atoms with Gasteiger partial charge in [-0.15, -0.1) is 0 Å². The number of rotatable bonds is 8. The number of aliphatic hydroxyl groups excluding tert-OH is 1. The lowest BCUT2D eigenvalue weighted by Crippen LogP contribution is -2.43. The summed E-state index contributed by atoms with van der Waals surface area (Å²) in [5.41, 5.74) is 0. The molecule has 2 aliphatic rings. The molecular weight excluding hydrogens is 228 g/mol. The van der Waals surface area contributed by atoms with Crippen LogP contribution in [0.25, 0.3) is 0 Å². The molecule has 0 saturated carbocycles. The summed E-state index contributed by atoms with van der Waals surface area (Å²) in [7, 11) is 0. The molecular formula is C14H28N2O2. The third-order valence-corrected chi connectivity index (χ3v) is 4.17. The molecule has 4 heteroatoms. The van der Waals surface area contributed by atoms with Crippen LogP contribution in [0.4, 0.5) is 0 Å². The molecule has 106 valence electrons. The van der Waals surface area contributed by atoms with E-state index in [2.05, 4.69) is 17.1 Å². The second kappa shape index (κ2) is 7.43. The van der Waals surface area contributed by atoms with Gasteiger partial charge in [0.05, 0.1) is 12.7 Å². The summed E-state index contributed by atoms with van der Waals surface area (Å²) in [6.07, 6.45) is 5.76. The summed E-state index contributed by atoms with van der Waals surface area (Å²) in [6, 6.07) is 1.30. The average molecular weight is 256 g/mol. The van der Waals surface area contributed by atoms with E-state index in [1.807, 2.05) is 0 Å². The maximum atomic E-state index is 9.85. The summed E-state index contributed by atoms with van der Waals surface area (Å²) in [5.74, 6) is 0. The Morgan fingerprint density at radius 3 is 3.11 bits per heavy atom. The Balaban J connectivity index is 1.56. The van der Waals surface area contributed by atoms with Crippen LogP contribution in [-0.2, 0) is 4.74 Å². The second-order valence-corrected chi connectivity index (χ2v) is 5.63. The molecule has 0 radical (unpaired) electrons. The number of hydrogen-bond donors (Lipinski definition) is 2. The lowest BCUT2D eigenvalue weighted by atomic mass is 10.1. The minimum Gasteiger partial charge on any atom is -0.389 e. The van der Waals surface area contributed by atoms with Crippen molar-refractivity contribution in [3.63, 3.8) is 0 Å². The van der Waals surface area contributed by atoms with Gasteiger partial charge in [-0.2, -0.15) is 0 Å². The summed E-state index contributed by atoms with van der Waals surface area (Å²) >= 11 is 0. The van der Waals surface area contributed by atoms with Gasteiger partial charge in [0.2, 0.25) is 0 Å². The van der Waals surface area contributed by atoms with Crippen LogP contribution >= 0.6 is 0 Å². The quantitative estimate of drug-likeness (QED) is 0.636. The highest BCUT2D eigenvalue weighted by atomic mass is 16.5. The van der Waals surface area contributed by atoms with Crippen molar-refractivity contribution in [1.82, 2.24) is 10.2 Å². The molecule has 18 heavy (non-hydrogen) atoms. The first-order chi connectivity index (χ1) is 8.81. The largest absolute Gasteiger partial charge is 0.389 e. The smallest absolute Gasteiger partial charge is 0.0897 e. The highest BCUT2D eigenvalue weighted by Crippen LogP contribution is 2.27. The Labute approximate surface area is 111 Å². The highest BCUT2D eigenvalue weighted by Gasteiger charge is 2.36. The third kappa shape index (κ3) is 3.92. The SMILES string of the molecule is CCCCOCC(O)CNC1CCN2CCCC12. The van der Waals surface area contributed by atoms with Gasteiger partial charge in [-0.25, -0.2) is 0 Å². The fourth-order valence-corrected chi connectivity index (χ4v) is 3.13. The van der Waals surface area contributed by atoms with E-state index in [0.717, 1.165) is 25.5 Å². The third-order valence-electron chi connectivity index (χ3n) is 4.17. The molecule has 2 saturated heterocycles. The Hall–Kier alpha value is -0.160. The first-order valence-electron chi connectivity index (χ1n) is 7.54. The van der Waals surface area contributed by atoms with Crippen molar-refractivity contribution < 1.29 is 9.84 Å². The fourth-order valence-electron chi connectivity index (χ4n) is 3.13. The van der Waals surface area contributed by atoms with E-state index in [0.29, 0.717) is 19.2 Å². The molecule has 2 aliphatic heterocycles. The summed E-state index contributed by atoms with van der Waals surface area (Å²) in [4.78, 5) is 2.59. The van der Waals surface area contributed by atoms with Crippen LogP contribution in [0.3, 0.4) is 0 Å². The number of ether oxygens (including phenoxy) is 1. The maximum Gasteiger partial charge on any atom is 0.0897 e. The molecule has 0 aliphatic carbocycles. The predicted molar refractivity (Wildman–Crippen MR) is 72.7 cm³/mol. The van der Waals surface area contributed by atoms with Gasteiger partial charge in [0, 0.05) is 31.8 Å². The highest BCUT2D eigenvalue weighted by molar-refractivity contribution is 4.95. The topological polar surface area (TPSA) is 44.7 Å². The molecule has 2 rings (SSSR count). The Kier molecular flexibility index (Phi) is 5.89. The zero-order chi connectivity index (χ0) is 12.8. The monoisotopic (exact) mass is 256 g/mol. The van der Waals surface area contributed by atoms with E-state index in [4.69, 9.17) is 4.74 Å². The van der Waals surface area contributed by atoms with Crippen molar-refractivity contribution in [3.05, 3.63) is 0 Å². The molecule has 2 fully saturated rings. The minimum absolute atomic E-state index is 0.364. The van der Waals surface area contributed by atoms with Crippen LogP contribution in [0.5, 0.6) is 0 Å². The van der Waals surface area contributed by atoms with Crippen molar-refractivity contribution >= 4 is 0 Å². The molecule has 0 bridgehead atoms. The van der Waals surface area contributed by atoms with Gasteiger partial charge < -0.3 is 15.2 Å². The average Bonchev–Trinajstić information content (AvgIpc) is 2.95. The zero-order valence-electron chi connectivity index (χ0n) is 11.6. The number of aliphatic hydroxyl groups is 1. The fraction of sp³-hybridized carbons (Fsp3) is 1.00. The molecule has 2 heterocycles. The zero-order valence-corrected chi connectivity index (χ0v) is 11.6. The van der Waals surface area contributed by atoms with Crippen molar-refractivity contribution in [2.24, 2.45) is 0 Å². The van der Waals surface area contributed by atoms with Gasteiger partial charge in [0.15, 0.2) is 0 Å². The van der Waals surface area contributed by atoms with Crippen LogP contribution in [0, 0.1) is 0 Å². The number of hydrogen-bond acceptors (Lipinski definition) is 4. The van der Waals surface area contributed by atoms with E-state index in [-0.39, 0.29) is 6.10 Å². The van der Waals surface area contributed by atoms with Gasteiger partial charge in [-0.3, -0.25) is 4.90 Å². The van der Waals surface area contributed by atoms with Crippen LogP contribution in [0.1, 0.15) is 39.0 Å². The predicted octanol–water partition coefficient (Wildman–Crippen LogP) is 0.990. The van der Waals surface area contributed by atoms with Gasteiger partial charge >= 0.3 is 0 Å². The first kappa shape index (κ1) is 14.3. The molecule has 3 unspecified atom stereocenters. The van der Waals surface area contributed by atoms with E-state index in [1.54, 1.807) is 0 Å². The molecule has 0 aromatic heterocycles. The minimum atomic E-state index is -0.364. The summed E-state index contributed by atoms with van der Waals surface area (Å²) in [5, 5.41) is 13.4. The summed E-state index contributed by atoms with van der Waals surface area (Å²) < 4.78 is 5.44. The lowest BCUT2D eigenvalue weighted by molar-refractivity contribution is 0.0341. The van der Waals surface area contributed by atoms with Crippen LogP contribution in [0.2, 0.25) is 0 Å². The number of nitrogens with zero attached hydrogens (tertiary/aromatic N) is 1. The van der Waals surface area contributed by atoms with Gasteiger partial charge in [-0.1, -0.05) is 13.3 Å². The van der Waals surface area contributed by atoms with Gasteiger partial charge in [0.25, 0.3) is 0 Å². The Morgan fingerprint density at radius 1 is 1.39 bits per heavy atom. The number of nitrogens with one attached hydrogen (secondary N) is 1. The van der Waals surface area contributed by atoms with Crippen LogP contribution < -0.4 is 5.32 Å². The molecule has 3 atom stereocenters. The Bertz CT molecular complexity index is 238. The Morgan fingerprint density at radius 2 is 2.28 bits per heavy atom. The van der Waals surface area contributed by atoms with Crippen molar-refractivity contribution in [2.75, 3.05) is 32.8 Å². The standard InChI is InChI=1S/C14H28N2O2/c1-2-3-9-18-11-12(17)10-15-13-6-8-16-7-4-5-14(13)16/h12-15,17H,2-11H2,1H3. The normalized spacial score (nSPS) is 29.7. The summed E-state index contributed by atoms with van der Waals surface area (Å²) in [6.45, 7) is 6.55. The van der Waals surface area contributed by atoms with E-state index in [9.17, 15) is 5.11 Å². The molecule has 0 aromatic carbocycles. The molecule has 0 amide bonds. The number of unbranched alkanes of at least 4 members (excludes halogenated alkanes) is 1. The van der Waals surface area contributed by atoms with Gasteiger partial charge in [0.1, 0.15) is 0 Å². The first-order valence-corrected chi connectivity index (χ1v) is 7.54. The molecule has 0 spiro atoms.